The highest BCUT2D eigenvalue weighted by molar-refractivity contribution is 6.90. The monoisotopic (exact) mass is 375 g/mol. The van der Waals surface area contributed by atoms with E-state index in [2.05, 4.69) is 73.0 Å². The number of furan rings is 1. The molecule has 2 nitrogen and oxygen atoms in total. The molecule has 1 aliphatic rings. The highest BCUT2D eigenvalue weighted by atomic mass is 28.3. The third kappa shape index (κ3) is 2.34. The molecule has 0 unspecified atom stereocenters. The van der Waals surface area contributed by atoms with Crippen molar-refractivity contribution in [3.05, 3.63) is 52.9 Å². The lowest BCUT2D eigenvalue weighted by Gasteiger charge is -2.30. The van der Waals surface area contributed by atoms with E-state index in [1.54, 1.807) is 0 Å². The van der Waals surface area contributed by atoms with Crippen LogP contribution in [0.3, 0.4) is 0 Å². The first kappa shape index (κ1) is 18.2. The van der Waals surface area contributed by atoms with Crippen molar-refractivity contribution in [2.45, 2.75) is 59.7 Å². The van der Waals surface area contributed by atoms with Crippen molar-refractivity contribution in [2.24, 2.45) is 0 Å². The molecule has 2 aromatic heterocycles. The third-order valence-electron chi connectivity index (χ3n) is 6.10. The van der Waals surface area contributed by atoms with Gasteiger partial charge in [-0.1, -0.05) is 57.8 Å². The normalized spacial score (nSPS) is 16.4. The summed E-state index contributed by atoms with van der Waals surface area (Å²) in [5.74, 6) is 0. The molecule has 0 N–H and O–H groups in total. The van der Waals surface area contributed by atoms with Gasteiger partial charge in [-0.05, 0) is 37.1 Å². The Balaban J connectivity index is 2.36. The predicted octanol–water partition coefficient (Wildman–Crippen LogP) is 6.48. The molecule has 0 spiro atoms. The third-order valence-corrected chi connectivity index (χ3v) is 8.11. The molecule has 0 aliphatic heterocycles. The van der Waals surface area contributed by atoms with Gasteiger partial charge in [-0.3, -0.25) is 4.98 Å². The van der Waals surface area contributed by atoms with Crippen molar-refractivity contribution >= 4 is 40.8 Å². The Bertz CT molecular complexity index is 1160. The summed E-state index contributed by atoms with van der Waals surface area (Å²) in [5.41, 5.74) is 8.84. The number of aromatic nitrogens is 1. The Kier molecular flexibility index (Phi) is 3.68. The number of hydrogen-bond donors (Lipinski definition) is 0. The largest absolute Gasteiger partial charge is 0.456 e. The van der Waals surface area contributed by atoms with Crippen molar-refractivity contribution < 1.29 is 4.42 Å². The summed E-state index contributed by atoms with van der Waals surface area (Å²) in [6, 6.07) is 4.62. The quantitative estimate of drug-likeness (QED) is 0.455. The SMILES string of the molecule is C=C1C(=C(C)C)c2ncc(C)c3oc4c([Si](C)(C)C)ccc(c4c23)C1(C)C. The van der Waals surface area contributed by atoms with Crippen LogP contribution < -0.4 is 5.19 Å². The van der Waals surface area contributed by atoms with Crippen molar-refractivity contribution in [3.63, 3.8) is 0 Å². The first-order valence-corrected chi connectivity index (χ1v) is 13.2. The fraction of sp³-hybridized carbons (Fsp3) is 0.375. The minimum Gasteiger partial charge on any atom is -0.456 e. The van der Waals surface area contributed by atoms with Gasteiger partial charge in [0.05, 0.1) is 19.2 Å². The van der Waals surface area contributed by atoms with E-state index in [1.165, 1.54) is 32.7 Å². The highest BCUT2D eigenvalue weighted by Gasteiger charge is 2.37. The highest BCUT2D eigenvalue weighted by Crippen LogP contribution is 2.50. The molecule has 0 atom stereocenters. The summed E-state index contributed by atoms with van der Waals surface area (Å²) in [7, 11) is -1.56. The minimum atomic E-state index is -1.56. The van der Waals surface area contributed by atoms with E-state index in [0.29, 0.717) is 0 Å². The zero-order valence-corrected chi connectivity index (χ0v) is 18.8. The zero-order chi connectivity index (χ0) is 19.9. The van der Waals surface area contributed by atoms with Gasteiger partial charge < -0.3 is 4.42 Å². The Hall–Kier alpha value is -2.13. The smallest absolute Gasteiger partial charge is 0.142 e. The van der Waals surface area contributed by atoms with Crippen LogP contribution in [0.5, 0.6) is 0 Å². The minimum absolute atomic E-state index is 0.186. The van der Waals surface area contributed by atoms with Crippen LogP contribution >= 0.6 is 0 Å². The fourth-order valence-electron chi connectivity index (χ4n) is 4.45. The molecule has 0 radical (unpaired) electrons. The lowest BCUT2D eigenvalue weighted by Crippen LogP contribution is -2.38. The van der Waals surface area contributed by atoms with Gasteiger partial charge in [-0.15, -0.1) is 0 Å². The van der Waals surface area contributed by atoms with E-state index >= 15 is 0 Å². The Morgan fingerprint density at radius 2 is 1.74 bits per heavy atom. The van der Waals surface area contributed by atoms with E-state index in [4.69, 9.17) is 9.40 Å². The van der Waals surface area contributed by atoms with Gasteiger partial charge in [0, 0.05) is 28.1 Å². The molecule has 0 bridgehead atoms. The van der Waals surface area contributed by atoms with Gasteiger partial charge in [-0.2, -0.15) is 0 Å². The standard InChI is InChI=1S/C24H29NOSi/c1-13(2)18-15(4)24(5,6)16-10-11-17(27(7,8)9)23-19(16)20-21(18)25-12-14(3)22(20)26-23/h10-12H,4H2,1-3,5-9H3. The second-order valence-electron chi connectivity index (χ2n) is 9.69. The molecule has 140 valence electrons. The van der Waals surface area contributed by atoms with E-state index in [0.717, 1.165) is 28.0 Å². The number of allylic oxidation sites excluding steroid dienone is 3. The first-order valence-electron chi connectivity index (χ1n) is 9.69. The van der Waals surface area contributed by atoms with Crippen LogP contribution in [0.4, 0.5) is 0 Å². The molecule has 3 aromatic rings. The van der Waals surface area contributed by atoms with Gasteiger partial charge in [0.2, 0.25) is 0 Å². The molecule has 3 heteroatoms. The second kappa shape index (κ2) is 5.45. The summed E-state index contributed by atoms with van der Waals surface area (Å²) in [6.45, 7) is 22.6. The fourth-order valence-corrected chi connectivity index (χ4v) is 5.89. The molecule has 1 aromatic carbocycles. The summed E-state index contributed by atoms with van der Waals surface area (Å²) in [6.07, 6.45) is 1.95. The molecule has 0 saturated carbocycles. The van der Waals surface area contributed by atoms with Crippen LogP contribution in [-0.4, -0.2) is 13.1 Å². The summed E-state index contributed by atoms with van der Waals surface area (Å²) in [5, 5.41) is 3.80. The van der Waals surface area contributed by atoms with Crippen LogP contribution in [0, 0.1) is 6.92 Å². The number of pyridine rings is 1. The molecule has 1 aliphatic carbocycles. The van der Waals surface area contributed by atoms with Crippen molar-refractivity contribution in [3.8, 4) is 0 Å². The topological polar surface area (TPSA) is 26.0 Å². The van der Waals surface area contributed by atoms with Gasteiger partial charge in [0.1, 0.15) is 11.2 Å². The van der Waals surface area contributed by atoms with E-state index in [-0.39, 0.29) is 5.41 Å². The number of hydrogen-bond acceptors (Lipinski definition) is 2. The molecule has 27 heavy (non-hydrogen) atoms. The molecule has 0 saturated heterocycles. The number of benzene rings is 1. The van der Waals surface area contributed by atoms with Crippen LogP contribution in [0.1, 0.15) is 44.5 Å². The number of rotatable bonds is 1. The van der Waals surface area contributed by atoms with Gasteiger partial charge in [0.25, 0.3) is 0 Å². The van der Waals surface area contributed by atoms with E-state index in [1.807, 2.05) is 6.20 Å². The molecule has 0 amide bonds. The summed E-state index contributed by atoms with van der Waals surface area (Å²) >= 11 is 0. The summed E-state index contributed by atoms with van der Waals surface area (Å²) < 4.78 is 6.60. The predicted molar refractivity (Wildman–Crippen MR) is 120 cm³/mol. The lowest BCUT2D eigenvalue weighted by atomic mass is 9.74. The Labute approximate surface area is 163 Å². The van der Waals surface area contributed by atoms with Crippen molar-refractivity contribution in [2.75, 3.05) is 0 Å². The van der Waals surface area contributed by atoms with Crippen molar-refractivity contribution in [1.82, 2.24) is 4.98 Å². The van der Waals surface area contributed by atoms with Crippen LogP contribution in [0.15, 0.2) is 40.5 Å². The maximum atomic E-state index is 6.60. The van der Waals surface area contributed by atoms with Gasteiger partial charge in [0.15, 0.2) is 0 Å². The van der Waals surface area contributed by atoms with Crippen LogP contribution in [0.25, 0.3) is 27.5 Å². The van der Waals surface area contributed by atoms with Gasteiger partial charge >= 0.3 is 0 Å². The maximum Gasteiger partial charge on any atom is 0.142 e. The molecule has 2 heterocycles. The molecule has 0 fully saturated rings. The maximum absolute atomic E-state index is 6.60. The van der Waals surface area contributed by atoms with Crippen molar-refractivity contribution in [1.29, 1.82) is 0 Å². The number of nitrogens with zero attached hydrogens (tertiary/aromatic N) is 1. The Morgan fingerprint density at radius 3 is 2.33 bits per heavy atom. The molecular formula is C24H29NOSi. The second-order valence-corrected chi connectivity index (χ2v) is 14.7. The summed E-state index contributed by atoms with van der Waals surface area (Å²) in [4.78, 5) is 4.89. The first-order chi connectivity index (χ1) is 12.5. The molecular weight excluding hydrogens is 346 g/mol. The Morgan fingerprint density at radius 1 is 1.07 bits per heavy atom. The van der Waals surface area contributed by atoms with Crippen LogP contribution in [0.2, 0.25) is 19.6 Å². The lowest BCUT2D eigenvalue weighted by molar-refractivity contribution is 0.644. The molecule has 4 rings (SSSR count). The zero-order valence-electron chi connectivity index (χ0n) is 17.8. The van der Waals surface area contributed by atoms with E-state index < -0.39 is 8.07 Å². The van der Waals surface area contributed by atoms with Gasteiger partial charge in [-0.25, -0.2) is 0 Å². The van der Waals surface area contributed by atoms with E-state index in [9.17, 15) is 0 Å². The average Bonchev–Trinajstić information content (AvgIpc) is 2.92. The van der Waals surface area contributed by atoms with Crippen LogP contribution in [-0.2, 0) is 5.41 Å². The number of aryl methyl sites for hydroxylation is 1. The average molecular weight is 376 g/mol.